The molecule has 1 aliphatic rings. The highest BCUT2D eigenvalue weighted by molar-refractivity contribution is 6.03. The molecule has 2 N–H and O–H groups in total. The third kappa shape index (κ3) is 3.99. The summed E-state index contributed by atoms with van der Waals surface area (Å²) in [7, 11) is 1.56. The van der Waals surface area contributed by atoms with Crippen LogP contribution in [-0.2, 0) is 11.8 Å². The van der Waals surface area contributed by atoms with Crippen LogP contribution >= 0.6 is 0 Å². The van der Waals surface area contributed by atoms with Crippen LogP contribution in [0.2, 0.25) is 0 Å². The molecule has 0 aliphatic carbocycles. The van der Waals surface area contributed by atoms with Gasteiger partial charge in [-0.05, 0) is 18.4 Å². The summed E-state index contributed by atoms with van der Waals surface area (Å²) in [6, 6.07) is 18.9. The van der Waals surface area contributed by atoms with Crippen molar-refractivity contribution in [3.63, 3.8) is 0 Å². The summed E-state index contributed by atoms with van der Waals surface area (Å²) in [6.45, 7) is 0.764. The molecule has 2 amide bonds. The largest absolute Gasteiger partial charge is 0.369 e. The van der Waals surface area contributed by atoms with Crippen LogP contribution < -0.4 is 11.3 Å². The fourth-order valence-corrected chi connectivity index (χ4v) is 4.04. The van der Waals surface area contributed by atoms with Gasteiger partial charge in [-0.15, -0.1) is 0 Å². The highest BCUT2D eigenvalue weighted by atomic mass is 16.2. The number of likely N-dealkylation sites (tertiary alicyclic amines) is 1. The van der Waals surface area contributed by atoms with Crippen molar-refractivity contribution in [3.8, 4) is 22.4 Å². The smallest absolute Gasteiger partial charge is 0.280 e. The van der Waals surface area contributed by atoms with Crippen molar-refractivity contribution in [2.24, 2.45) is 18.7 Å². The molecule has 4 rings (SSSR count). The van der Waals surface area contributed by atoms with Crippen LogP contribution in [0.5, 0.6) is 0 Å². The number of hydrogen-bond acceptors (Lipinski definition) is 4. The molecule has 158 valence electrons. The molecule has 1 saturated heterocycles. The Balaban J connectivity index is 1.87. The second-order valence-corrected chi connectivity index (χ2v) is 7.73. The predicted molar refractivity (Wildman–Crippen MR) is 118 cm³/mol. The van der Waals surface area contributed by atoms with Gasteiger partial charge in [-0.2, -0.15) is 5.10 Å². The summed E-state index contributed by atoms with van der Waals surface area (Å²) in [5, 5.41) is 4.51. The molecule has 2 aromatic carbocycles. The summed E-state index contributed by atoms with van der Waals surface area (Å²) in [4.78, 5) is 39.9. The normalized spacial score (nSPS) is 14.4. The Hall–Kier alpha value is -3.74. The Labute approximate surface area is 180 Å². The van der Waals surface area contributed by atoms with E-state index in [0.717, 1.165) is 11.1 Å². The molecule has 1 aromatic heterocycles. The van der Waals surface area contributed by atoms with E-state index in [1.807, 2.05) is 60.7 Å². The minimum atomic E-state index is -0.444. The van der Waals surface area contributed by atoms with E-state index in [1.54, 1.807) is 11.9 Å². The van der Waals surface area contributed by atoms with Gasteiger partial charge in [0.15, 0.2) is 0 Å². The average Bonchev–Trinajstić information content (AvgIpc) is 2.81. The Bertz CT molecular complexity index is 1160. The molecule has 7 nitrogen and oxygen atoms in total. The zero-order valence-corrected chi connectivity index (χ0v) is 17.3. The van der Waals surface area contributed by atoms with Crippen molar-refractivity contribution < 1.29 is 9.59 Å². The van der Waals surface area contributed by atoms with E-state index in [0.29, 0.717) is 37.2 Å². The van der Waals surface area contributed by atoms with Crippen molar-refractivity contribution in [3.05, 3.63) is 76.6 Å². The number of benzene rings is 2. The van der Waals surface area contributed by atoms with Crippen LogP contribution in [0.1, 0.15) is 23.2 Å². The van der Waals surface area contributed by atoms with Gasteiger partial charge in [0.05, 0.1) is 5.69 Å². The second-order valence-electron chi connectivity index (χ2n) is 7.73. The Morgan fingerprint density at radius 1 is 0.935 bits per heavy atom. The summed E-state index contributed by atoms with van der Waals surface area (Å²) in [5.74, 6) is -0.928. The summed E-state index contributed by atoms with van der Waals surface area (Å²) in [6.07, 6.45) is 0.997. The van der Waals surface area contributed by atoms with Crippen LogP contribution in [0.15, 0.2) is 65.5 Å². The van der Waals surface area contributed by atoms with Crippen LogP contribution in [0.25, 0.3) is 22.4 Å². The molecule has 7 heteroatoms. The van der Waals surface area contributed by atoms with Gasteiger partial charge >= 0.3 is 0 Å². The topological polar surface area (TPSA) is 98.3 Å². The van der Waals surface area contributed by atoms with Gasteiger partial charge in [0.25, 0.3) is 11.5 Å². The maximum atomic E-state index is 13.6. The number of piperidine rings is 1. The zero-order chi connectivity index (χ0) is 22.0. The molecule has 2 heterocycles. The van der Waals surface area contributed by atoms with Gasteiger partial charge in [0.1, 0.15) is 5.56 Å². The Morgan fingerprint density at radius 2 is 1.48 bits per heavy atom. The number of aryl methyl sites for hydroxylation is 1. The van der Waals surface area contributed by atoms with E-state index in [4.69, 9.17) is 5.73 Å². The maximum absolute atomic E-state index is 13.6. The van der Waals surface area contributed by atoms with Crippen molar-refractivity contribution in [2.45, 2.75) is 12.8 Å². The zero-order valence-electron chi connectivity index (χ0n) is 17.3. The fraction of sp³-hybridized carbons (Fsp3) is 0.250. The maximum Gasteiger partial charge on any atom is 0.280 e. The lowest BCUT2D eigenvalue weighted by Crippen LogP contribution is -2.44. The highest BCUT2D eigenvalue weighted by Gasteiger charge is 2.31. The Kier molecular flexibility index (Phi) is 5.66. The predicted octanol–water partition coefficient (Wildman–Crippen LogP) is 2.45. The van der Waals surface area contributed by atoms with E-state index in [-0.39, 0.29) is 23.3 Å². The van der Waals surface area contributed by atoms with Gasteiger partial charge in [-0.1, -0.05) is 60.7 Å². The first kappa shape index (κ1) is 20.5. The minimum Gasteiger partial charge on any atom is -0.369 e. The van der Waals surface area contributed by atoms with Gasteiger partial charge in [0, 0.05) is 37.2 Å². The third-order valence-corrected chi connectivity index (χ3v) is 5.75. The number of hydrogen-bond donors (Lipinski definition) is 1. The standard InChI is InChI=1S/C24H24N4O3/c1-27-23(30)20(24(31)28-14-12-18(13-15-28)22(25)29)19(16-8-4-2-5-9-16)21(26-27)17-10-6-3-7-11-17/h2-11,18H,12-15H2,1H3,(H2,25,29). The summed E-state index contributed by atoms with van der Waals surface area (Å²) < 4.78 is 1.22. The van der Waals surface area contributed by atoms with Gasteiger partial charge in [-0.25, -0.2) is 4.68 Å². The molecule has 0 saturated carbocycles. The number of carbonyl (C=O) groups is 2. The van der Waals surface area contributed by atoms with E-state index in [9.17, 15) is 14.4 Å². The van der Waals surface area contributed by atoms with Crippen molar-refractivity contribution in [2.75, 3.05) is 13.1 Å². The number of carbonyl (C=O) groups excluding carboxylic acids is 2. The molecule has 3 aromatic rings. The lowest BCUT2D eigenvalue weighted by atomic mass is 9.93. The lowest BCUT2D eigenvalue weighted by molar-refractivity contribution is -0.123. The van der Waals surface area contributed by atoms with Crippen LogP contribution in [-0.4, -0.2) is 39.6 Å². The molecule has 1 fully saturated rings. The SMILES string of the molecule is Cn1nc(-c2ccccc2)c(-c2ccccc2)c(C(=O)N2CCC(C(N)=O)CC2)c1=O. The molecule has 0 atom stereocenters. The first-order valence-corrected chi connectivity index (χ1v) is 10.3. The third-order valence-electron chi connectivity index (χ3n) is 5.75. The molecule has 0 unspecified atom stereocenters. The van der Waals surface area contributed by atoms with Gasteiger partial charge < -0.3 is 10.6 Å². The van der Waals surface area contributed by atoms with E-state index in [2.05, 4.69) is 5.10 Å². The monoisotopic (exact) mass is 416 g/mol. The van der Waals surface area contributed by atoms with Crippen molar-refractivity contribution >= 4 is 11.8 Å². The first-order valence-electron chi connectivity index (χ1n) is 10.3. The number of rotatable bonds is 4. The molecule has 0 spiro atoms. The molecular formula is C24H24N4O3. The summed E-state index contributed by atoms with van der Waals surface area (Å²) in [5.41, 5.74) is 7.75. The van der Waals surface area contributed by atoms with Gasteiger partial charge in [-0.3, -0.25) is 14.4 Å². The molecule has 31 heavy (non-hydrogen) atoms. The fourth-order valence-electron chi connectivity index (χ4n) is 4.04. The van der Waals surface area contributed by atoms with Crippen LogP contribution in [0.4, 0.5) is 0 Å². The van der Waals surface area contributed by atoms with Crippen molar-refractivity contribution in [1.29, 1.82) is 0 Å². The second kappa shape index (κ2) is 8.55. The number of aromatic nitrogens is 2. The highest BCUT2D eigenvalue weighted by Crippen LogP contribution is 2.33. The molecule has 0 bridgehead atoms. The minimum absolute atomic E-state index is 0.0973. The number of primary amides is 1. The van der Waals surface area contributed by atoms with Crippen LogP contribution in [0, 0.1) is 5.92 Å². The number of amides is 2. The molecule has 0 radical (unpaired) electrons. The first-order chi connectivity index (χ1) is 15.0. The quantitative estimate of drug-likeness (QED) is 0.706. The number of nitrogens with two attached hydrogens (primary N) is 1. The Morgan fingerprint density at radius 3 is 2.03 bits per heavy atom. The summed E-state index contributed by atoms with van der Waals surface area (Å²) >= 11 is 0. The van der Waals surface area contributed by atoms with E-state index in [1.165, 1.54) is 4.68 Å². The van der Waals surface area contributed by atoms with E-state index >= 15 is 0 Å². The van der Waals surface area contributed by atoms with Crippen LogP contribution in [0.3, 0.4) is 0 Å². The van der Waals surface area contributed by atoms with Gasteiger partial charge in [0.2, 0.25) is 5.91 Å². The van der Waals surface area contributed by atoms with E-state index < -0.39 is 5.56 Å². The van der Waals surface area contributed by atoms with Crippen molar-refractivity contribution in [1.82, 2.24) is 14.7 Å². The molecular weight excluding hydrogens is 392 g/mol. The molecule has 1 aliphatic heterocycles. The lowest BCUT2D eigenvalue weighted by Gasteiger charge is -2.31. The average molecular weight is 416 g/mol. The number of nitrogens with zero attached hydrogens (tertiary/aromatic N) is 3.